The predicted octanol–water partition coefficient (Wildman–Crippen LogP) is 3.73. The molecule has 1 atom stereocenters. The summed E-state index contributed by atoms with van der Waals surface area (Å²) in [6.07, 6.45) is 5.29. The van der Waals surface area contributed by atoms with Gasteiger partial charge in [-0.15, -0.1) is 5.10 Å². The third kappa shape index (κ3) is 4.49. The minimum atomic E-state index is -0.967. The van der Waals surface area contributed by atoms with Gasteiger partial charge in [-0.25, -0.2) is 4.79 Å². The van der Waals surface area contributed by atoms with Gasteiger partial charge in [-0.2, -0.15) is 0 Å². The van der Waals surface area contributed by atoms with E-state index >= 15 is 0 Å². The quantitative estimate of drug-likeness (QED) is 0.418. The number of para-hydroxylation sites is 1. The molecule has 1 heterocycles. The highest BCUT2D eigenvalue weighted by Gasteiger charge is 2.52. The molecule has 1 aliphatic carbocycles. The molecular weight excluding hydrogens is 370 g/mol. The van der Waals surface area contributed by atoms with Gasteiger partial charge in [-0.05, 0) is 63.3 Å². The Hall–Kier alpha value is -2.70. The Morgan fingerprint density at radius 1 is 1.17 bits per heavy atom. The van der Waals surface area contributed by atoms with Gasteiger partial charge in [0.1, 0.15) is 16.6 Å². The minimum Gasteiger partial charge on any atom is -0.460 e. The summed E-state index contributed by atoms with van der Waals surface area (Å²) in [5.74, 6) is -1.32. The van der Waals surface area contributed by atoms with Crippen LogP contribution in [0.1, 0.15) is 53.9 Å². The molecular formula is C22H29N3O4. The molecule has 1 aromatic carbocycles. The lowest BCUT2D eigenvalue weighted by Gasteiger charge is -2.36. The minimum absolute atomic E-state index is 0.194. The molecule has 0 saturated carbocycles. The maximum absolute atomic E-state index is 13.3. The number of rotatable bonds is 6. The van der Waals surface area contributed by atoms with Crippen molar-refractivity contribution in [3.05, 3.63) is 36.4 Å². The monoisotopic (exact) mass is 399 g/mol. The van der Waals surface area contributed by atoms with Gasteiger partial charge < -0.3 is 9.57 Å². The van der Waals surface area contributed by atoms with E-state index in [2.05, 4.69) is 10.3 Å². The van der Waals surface area contributed by atoms with Crippen LogP contribution in [0.2, 0.25) is 0 Å². The molecule has 1 aliphatic rings. The van der Waals surface area contributed by atoms with Crippen LogP contribution in [-0.4, -0.2) is 32.7 Å². The third-order valence-corrected chi connectivity index (χ3v) is 5.09. The average Bonchev–Trinajstić information content (AvgIpc) is 3.26. The first-order valence-electron chi connectivity index (χ1n) is 10.0. The van der Waals surface area contributed by atoms with Crippen molar-refractivity contribution in [3.63, 3.8) is 0 Å². The van der Waals surface area contributed by atoms with E-state index in [4.69, 9.17) is 9.57 Å². The number of carbonyl (C=O) groups is 2. The van der Waals surface area contributed by atoms with Crippen molar-refractivity contribution in [1.82, 2.24) is 15.2 Å². The second kappa shape index (κ2) is 7.97. The van der Waals surface area contributed by atoms with E-state index in [0.717, 1.165) is 4.85 Å². The summed E-state index contributed by atoms with van der Waals surface area (Å²) in [7, 11) is 0. The number of fused-ring (bicyclic) bond motifs is 1. The van der Waals surface area contributed by atoms with Crippen LogP contribution < -0.4 is 4.84 Å². The predicted molar refractivity (Wildman–Crippen MR) is 109 cm³/mol. The molecule has 0 spiro atoms. The van der Waals surface area contributed by atoms with Crippen LogP contribution >= 0.6 is 0 Å². The number of carbonyl (C=O) groups excluding carboxylic acids is 2. The Morgan fingerprint density at radius 3 is 2.45 bits per heavy atom. The van der Waals surface area contributed by atoms with Crippen LogP contribution in [0.4, 0.5) is 0 Å². The van der Waals surface area contributed by atoms with Crippen LogP contribution in [0.15, 0.2) is 36.4 Å². The molecule has 1 aromatic heterocycles. The van der Waals surface area contributed by atoms with Gasteiger partial charge in [0.05, 0.1) is 11.3 Å². The standard InChI is InChI=1S/C22H29N3O4/c1-15(2)14-16(22(12-8-9-13-22)20(27)28-21(3,4)5)19(26)29-25-18-11-7-6-10-17(18)23-24-25/h6-11,15-16H,12-14H2,1-5H3/t16-/m0/s1. The van der Waals surface area contributed by atoms with Gasteiger partial charge in [0.2, 0.25) is 0 Å². The molecule has 7 nitrogen and oxygen atoms in total. The van der Waals surface area contributed by atoms with Crippen molar-refractivity contribution < 1.29 is 19.2 Å². The first-order chi connectivity index (χ1) is 13.6. The van der Waals surface area contributed by atoms with Gasteiger partial charge in [0.25, 0.3) is 0 Å². The third-order valence-electron chi connectivity index (χ3n) is 5.09. The molecule has 29 heavy (non-hydrogen) atoms. The Bertz CT molecular complexity index is 916. The summed E-state index contributed by atoms with van der Waals surface area (Å²) in [5, 5.41) is 7.96. The molecule has 0 unspecified atom stereocenters. The Morgan fingerprint density at radius 2 is 1.83 bits per heavy atom. The molecule has 0 radical (unpaired) electrons. The maximum atomic E-state index is 13.3. The van der Waals surface area contributed by atoms with E-state index in [0.29, 0.717) is 30.3 Å². The fourth-order valence-electron chi connectivity index (χ4n) is 3.73. The summed E-state index contributed by atoms with van der Waals surface area (Å²) in [6.45, 7) is 9.54. The van der Waals surface area contributed by atoms with Gasteiger partial charge >= 0.3 is 11.9 Å². The van der Waals surface area contributed by atoms with E-state index in [1.807, 2.05) is 58.9 Å². The van der Waals surface area contributed by atoms with E-state index < -0.39 is 22.9 Å². The van der Waals surface area contributed by atoms with Crippen LogP contribution in [0.25, 0.3) is 11.0 Å². The Balaban J connectivity index is 1.92. The van der Waals surface area contributed by atoms with Crippen LogP contribution in [0, 0.1) is 17.3 Å². The largest absolute Gasteiger partial charge is 0.460 e. The summed E-state index contributed by atoms with van der Waals surface area (Å²) >= 11 is 0. The summed E-state index contributed by atoms with van der Waals surface area (Å²) < 4.78 is 5.72. The molecule has 0 amide bonds. The van der Waals surface area contributed by atoms with E-state index in [9.17, 15) is 9.59 Å². The number of ether oxygens (including phenoxy) is 1. The molecule has 156 valence electrons. The van der Waals surface area contributed by atoms with Gasteiger partial charge in [-0.1, -0.05) is 43.0 Å². The normalized spacial score (nSPS) is 16.9. The van der Waals surface area contributed by atoms with Crippen molar-refractivity contribution in [1.29, 1.82) is 0 Å². The van der Waals surface area contributed by atoms with E-state index in [1.54, 1.807) is 12.1 Å². The smallest absolute Gasteiger partial charge is 0.339 e. The number of hydrogen-bond donors (Lipinski definition) is 0. The summed E-state index contributed by atoms with van der Waals surface area (Å²) in [6, 6.07) is 7.24. The number of allylic oxidation sites excluding steroid dienone is 2. The fourth-order valence-corrected chi connectivity index (χ4v) is 3.73. The van der Waals surface area contributed by atoms with Crippen LogP contribution in [0.5, 0.6) is 0 Å². The molecule has 0 aliphatic heterocycles. The van der Waals surface area contributed by atoms with Gasteiger partial charge in [-0.3, -0.25) is 4.79 Å². The zero-order valence-electron chi connectivity index (χ0n) is 17.7. The van der Waals surface area contributed by atoms with Gasteiger partial charge in [0, 0.05) is 0 Å². The van der Waals surface area contributed by atoms with Crippen molar-refractivity contribution in [2.75, 3.05) is 0 Å². The summed E-state index contributed by atoms with van der Waals surface area (Å²) in [5.41, 5.74) is -0.378. The molecule has 0 saturated heterocycles. The topological polar surface area (TPSA) is 83.3 Å². The maximum Gasteiger partial charge on any atom is 0.339 e. The molecule has 0 fully saturated rings. The lowest BCUT2D eigenvalue weighted by molar-refractivity contribution is -0.179. The number of nitrogens with zero attached hydrogens (tertiary/aromatic N) is 3. The molecule has 7 heteroatoms. The second-order valence-electron chi connectivity index (χ2n) is 9.08. The first kappa shape index (κ1) is 21.0. The van der Waals surface area contributed by atoms with Crippen LogP contribution in [0.3, 0.4) is 0 Å². The highest BCUT2D eigenvalue weighted by molar-refractivity contribution is 5.87. The van der Waals surface area contributed by atoms with E-state index in [1.165, 1.54) is 0 Å². The first-order valence-corrected chi connectivity index (χ1v) is 10.0. The Kier molecular flexibility index (Phi) is 5.78. The van der Waals surface area contributed by atoms with Crippen molar-refractivity contribution in [2.24, 2.45) is 17.3 Å². The summed E-state index contributed by atoms with van der Waals surface area (Å²) in [4.78, 5) is 33.3. The molecule has 3 rings (SSSR count). The molecule has 2 aromatic rings. The van der Waals surface area contributed by atoms with Crippen molar-refractivity contribution in [2.45, 2.75) is 59.5 Å². The molecule has 0 bridgehead atoms. The lowest BCUT2D eigenvalue weighted by Crippen LogP contribution is -2.47. The fraction of sp³-hybridized carbons (Fsp3) is 0.545. The second-order valence-corrected chi connectivity index (χ2v) is 9.08. The lowest BCUT2D eigenvalue weighted by atomic mass is 9.70. The number of esters is 1. The SMILES string of the molecule is CC(C)C[C@@H](C(=O)On1nnc2ccccc21)C1(C(=O)OC(C)(C)C)CC=CC1. The number of benzene rings is 1. The average molecular weight is 399 g/mol. The number of aromatic nitrogens is 3. The highest BCUT2D eigenvalue weighted by Crippen LogP contribution is 2.45. The zero-order chi connectivity index (χ0) is 21.2. The van der Waals surface area contributed by atoms with E-state index in [-0.39, 0.29) is 11.9 Å². The van der Waals surface area contributed by atoms with Crippen molar-refractivity contribution in [3.8, 4) is 0 Å². The van der Waals surface area contributed by atoms with Gasteiger partial charge in [0.15, 0.2) is 0 Å². The Labute approximate surface area is 171 Å². The molecule has 0 N–H and O–H groups in total. The number of hydrogen-bond acceptors (Lipinski definition) is 6. The highest BCUT2D eigenvalue weighted by atomic mass is 16.7. The van der Waals surface area contributed by atoms with Crippen molar-refractivity contribution >= 4 is 23.0 Å². The van der Waals surface area contributed by atoms with Crippen LogP contribution in [-0.2, 0) is 14.3 Å². The zero-order valence-corrected chi connectivity index (χ0v) is 17.7.